The summed E-state index contributed by atoms with van der Waals surface area (Å²) < 4.78 is 0. The molecule has 0 aromatic carbocycles. The predicted octanol–water partition coefficient (Wildman–Crippen LogP) is 3.75. The number of terminal acetylenes is 1. The number of fused-ring (bicyclic) bond motifs is 5. The molecular weight excluding hydrogens is 284 g/mol. The number of rotatable bonds is 0. The highest BCUT2D eigenvalue weighted by Crippen LogP contribution is 2.68. The smallest absolute Gasteiger partial charge is 0.130 e. The number of aliphatic hydroxyl groups is 2. The molecule has 0 spiro atoms. The predicted molar refractivity (Wildman–Crippen MR) is 91.5 cm³/mol. The Bertz CT molecular complexity index is 536. The highest BCUT2D eigenvalue weighted by Gasteiger charge is 2.64. The molecule has 23 heavy (non-hydrogen) atoms. The molecule has 0 bridgehead atoms. The molecule has 4 fully saturated rings. The van der Waals surface area contributed by atoms with Crippen LogP contribution in [-0.4, -0.2) is 21.9 Å². The van der Waals surface area contributed by atoms with Crippen LogP contribution in [-0.2, 0) is 0 Å². The fourth-order valence-electron chi connectivity index (χ4n) is 7.49. The standard InChI is InChI=1S/C21H32O2/c1-4-21(23)12-9-18-16-6-5-14-13-15(22)7-10-19(14,2)17(16)8-11-20(18,21)3/h1,14-18,22-23H,5-13H2,2-3H3/t14-,15+,16+,17-,18+,19-,20-,21-/m0/s1. The summed E-state index contributed by atoms with van der Waals surface area (Å²) in [7, 11) is 0. The van der Waals surface area contributed by atoms with Crippen LogP contribution in [0.25, 0.3) is 0 Å². The van der Waals surface area contributed by atoms with E-state index < -0.39 is 5.60 Å². The highest BCUT2D eigenvalue weighted by atomic mass is 16.3. The first-order valence-corrected chi connectivity index (χ1v) is 9.72. The number of hydrogen-bond acceptors (Lipinski definition) is 2. The van der Waals surface area contributed by atoms with Gasteiger partial charge in [0, 0.05) is 5.41 Å². The van der Waals surface area contributed by atoms with E-state index in [-0.39, 0.29) is 11.5 Å². The molecule has 0 saturated heterocycles. The van der Waals surface area contributed by atoms with Crippen molar-refractivity contribution in [2.24, 2.45) is 34.5 Å². The fraction of sp³-hybridized carbons (Fsp3) is 0.905. The molecule has 4 rings (SSSR count). The van der Waals surface area contributed by atoms with Gasteiger partial charge in [-0.3, -0.25) is 0 Å². The summed E-state index contributed by atoms with van der Waals surface area (Å²) in [5, 5.41) is 21.1. The summed E-state index contributed by atoms with van der Waals surface area (Å²) in [6.07, 6.45) is 15.6. The minimum atomic E-state index is -0.886. The Morgan fingerprint density at radius 2 is 1.70 bits per heavy atom. The van der Waals surface area contributed by atoms with E-state index in [1.807, 2.05) is 0 Å². The lowest BCUT2D eigenvalue weighted by Crippen LogP contribution is -2.56. The minimum absolute atomic E-state index is 0.0727. The van der Waals surface area contributed by atoms with Gasteiger partial charge in [0.15, 0.2) is 0 Å². The van der Waals surface area contributed by atoms with Gasteiger partial charge in [-0.25, -0.2) is 0 Å². The van der Waals surface area contributed by atoms with Crippen molar-refractivity contribution < 1.29 is 10.2 Å². The maximum absolute atomic E-state index is 11.0. The van der Waals surface area contributed by atoms with Gasteiger partial charge in [0.25, 0.3) is 0 Å². The average molecular weight is 316 g/mol. The summed E-state index contributed by atoms with van der Waals surface area (Å²) >= 11 is 0. The second kappa shape index (κ2) is 4.99. The van der Waals surface area contributed by atoms with Gasteiger partial charge in [-0.2, -0.15) is 0 Å². The Labute approximate surface area is 141 Å². The Kier molecular flexibility index (Phi) is 3.47. The topological polar surface area (TPSA) is 40.5 Å². The van der Waals surface area contributed by atoms with Gasteiger partial charge in [-0.1, -0.05) is 19.8 Å². The maximum Gasteiger partial charge on any atom is 0.130 e. The molecule has 2 heteroatoms. The summed E-state index contributed by atoms with van der Waals surface area (Å²) in [5.74, 6) is 5.56. The van der Waals surface area contributed by atoms with Crippen molar-refractivity contribution >= 4 is 0 Å². The third-order valence-electron chi connectivity index (χ3n) is 9.03. The van der Waals surface area contributed by atoms with Crippen molar-refractivity contribution in [2.45, 2.75) is 83.3 Å². The molecule has 4 saturated carbocycles. The monoisotopic (exact) mass is 316 g/mol. The van der Waals surface area contributed by atoms with Crippen LogP contribution in [0.4, 0.5) is 0 Å². The van der Waals surface area contributed by atoms with E-state index >= 15 is 0 Å². The second-order valence-corrected chi connectivity index (χ2v) is 9.58. The van der Waals surface area contributed by atoms with Crippen LogP contribution in [0.1, 0.15) is 71.6 Å². The van der Waals surface area contributed by atoms with Crippen LogP contribution in [0.15, 0.2) is 0 Å². The third kappa shape index (κ3) is 1.96. The van der Waals surface area contributed by atoms with Crippen LogP contribution < -0.4 is 0 Å². The lowest BCUT2D eigenvalue weighted by molar-refractivity contribution is -0.144. The van der Waals surface area contributed by atoms with Crippen LogP contribution in [0.2, 0.25) is 0 Å². The molecular formula is C21H32O2. The van der Waals surface area contributed by atoms with Crippen LogP contribution >= 0.6 is 0 Å². The van der Waals surface area contributed by atoms with Gasteiger partial charge in [0.2, 0.25) is 0 Å². The lowest BCUT2D eigenvalue weighted by atomic mass is 9.44. The fourth-order valence-corrected chi connectivity index (χ4v) is 7.49. The molecule has 0 amide bonds. The van der Waals surface area contributed by atoms with E-state index in [2.05, 4.69) is 19.8 Å². The zero-order valence-electron chi connectivity index (χ0n) is 14.7. The molecule has 2 N–H and O–H groups in total. The van der Waals surface area contributed by atoms with Gasteiger partial charge in [0.1, 0.15) is 5.60 Å². The first-order chi connectivity index (χ1) is 10.8. The molecule has 128 valence electrons. The van der Waals surface area contributed by atoms with Gasteiger partial charge in [-0.15, -0.1) is 6.42 Å². The highest BCUT2D eigenvalue weighted by molar-refractivity contribution is 5.23. The zero-order valence-corrected chi connectivity index (χ0v) is 14.7. The van der Waals surface area contributed by atoms with Gasteiger partial charge >= 0.3 is 0 Å². The average Bonchev–Trinajstić information content (AvgIpc) is 2.80. The van der Waals surface area contributed by atoms with Crippen LogP contribution in [0.3, 0.4) is 0 Å². The first-order valence-electron chi connectivity index (χ1n) is 9.72. The van der Waals surface area contributed by atoms with Crippen molar-refractivity contribution in [2.75, 3.05) is 0 Å². The summed E-state index contributed by atoms with van der Waals surface area (Å²) in [5.41, 5.74) is -0.566. The lowest BCUT2D eigenvalue weighted by Gasteiger charge is -2.61. The molecule has 0 aromatic rings. The van der Waals surface area contributed by atoms with Crippen molar-refractivity contribution in [3.63, 3.8) is 0 Å². The van der Waals surface area contributed by atoms with E-state index in [1.54, 1.807) is 0 Å². The molecule has 0 aliphatic heterocycles. The minimum Gasteiger partial charge on any atom is -0.393 e. The van der Waals surface area contributed by atoms with Gasteiger partial charge in [-0.05, 0) is 86.9 Å². The Morgan fingerprint density at radius 3 is 2.43 bits per heavy atom. The molecule has 0 unspecified atom stereocenters. The molecule has 4 aliphatic carbocycles. The van der Waals surface area contributed by atoms with E-state index in [1.165, 1.54) is 25.7 Å². The summed E-state index contributed by atoms with van der Waals surface area (Å²) in [6.45, 7) is 4.77. The van der Waals surface area contributed by atoms with E-state index in [0.29, 0.717) is 17.3 Å². The Morgan fingerprint density at radius 1 is 0.957 bits per heavy atom. The van der Waals surface area contributed by atoms with Gasteiger partial charge in [0.05, 0.1) is 6.10 Å². The molecule has 4 aliphatic rings. The Hall–Kier alpha value is -0.520. The molecule has 0 radical (unpaired) electrons. The second-order valence-electron chi connectivity index (χ2n) is 9.58. The molecule has 0 aromatic heterocycles. The molecule has 0 heterocycles. The van der Waals surface area contributed by atoms with Crippen molar-refractivity contribution in [1.82, 2.24) is 0 Å². The van der Waals surface area contributed by atoms with Crippen molar-refractivity contribution in [3.05, 3.63) is 0 Å². The van der Waals surface area contributed by atoms with Crippen molar-refractivity contribution in [3.8, 4) is 12.3 Å². The van der Waals surface area contributed by atoms with Crippen LogP contribution in [0, 0.1) is 46.8 Å². The maximum atomic E-state index is 11.0. The van der Waals surface area contributed by atoms with Gasteiger partial charge < -0.3 is 10.2 Å². The first kappa shape index (κ1) is 16.0. The van der Waals surface area contributed by atoms with E-state index in [4.69, 9.17) is 6.42 Å². The normalized spacial score (nSPS) is 58.7. The third-order valence-corrected chi connectivity index (χ3v) is 9.03. The largest absolute Gasteiger partial charge is 0.393 e. The quantitative estimate of drug-likeness (QED) is 0.668. The SMILES string of the molecule is C#C[C@]1(O)CC[C@@H]2[C@@H]3CC[C@H]4C[C@H](O)CC[C@]4(C)[C@H]3CC[C@@]21C. The van der Waals surface area contributed by atoms with Crippen LogP contribution in [0.5, 0.6) is 0 Å². The van der Waals surface area contributed by atoms with E-state index in [0.717, 1.165) is 43.9 Å². The van der Waals surface area contributed by atoms with E-state index in [9.17, 15) is 10.2 Å². The van der Waals surface area contributed by atoms with Crippen molar-refractivity contribution in [1.29, 1.82) is 0 Å². The Balaban J connectivity index is 1.65. The number of hydrogen-bond donors (Lipinski definition) is 2. The number of aliphatic hydroxyl groups excluding tert-OH is 1. The molecule has 8 atom stereocenters. The molecule has 2 nitrogen and oxygen atoms in total. The summed E-state index contributed by atoms with van der Waals surface area (Å²) in [6, 6.07) is 0. The zero-order chi connectivity index (χ0) is 16.5. The summed E-state index contributed by atoms with van der Waals surface area (Å²) in [4.78, 5) is 0.